The van der Waals surface area contributed by atoms with E-state index in [2.05, 4.69) is 35.5 Å². The topological polar surface area (TPSA) is 55.3 Å². The van der Waals surface area contributed by atoms with E-state index in [0.717, 1.165) is 29.3 Å². The molecule has 1 saturated heterocycles. The lowest BCUT2D eigenvalue weighted by Gasteiger charge is -2.15. The summed E-state index contributed by atoms with van der Waals surface area (Å²) >= 11 is 0. The lowest BCUT2D eigenvalue weighted by molar-refractivity contribution is 0.0375. The van der Waals surface area contributed by atoms with Crippen LogP contribution in [0.2, 0.25) is 0 Å². The molecule has 1 atom stereocenters. The molecule has 0 bridgehead atoms. The van der Waals surface area contributed by atoms with Crippen molar-refractivity contribution in [2.45, 2.75) is 46.4 Å². The van der Waals surface area contributed by atoms with Gasteiger partial charge in [-0.05, 0) is 70.0 Å². The van der Waals surface area contributed by atoms with Crippen molar-refractivity contribution in [2.24, 2.45) is 4.99 Å². The second kappa shape index (κ2) is 9.49. The average molecular weight is 410 g/mol. The van der Waals surface area contributed by atoms with Gasteiger partial charge in [-0.1, -0.05) is 24.3 Å². The summed E-state index contributed by atoms with van der Waals surface area (Å²) in [5, 5.41) is 0. The molecule has 2 aliphatic rings. The van der Waals surface area contributed by atoms with Crippen molar-refractivity contribution < 1.29 is 14.3 Å². The van der Waals surface area contributed by atoms with Crippen LogP contribution in [0.1, 0.15) is 55.2 Å². The first-order valence-corrected chi connectivity index (χ1v) is 10.9. The number of hydrogen-bond acceptors (Lipinski definition) is 6. The fourth-order valence-corrected chi connectivity index (χ4v) is 4.06. The van der Waals surface area contributed by atoms with Crippen LogP contribution in [0.25, 0.3) is 0 Å². The summed E-state index contributed by atoms with van der Waals surface area (Å²) in [5.41, 5.74) is 7.55. The summed E-state index contributed by atoms with van der Waals surface area (Å²) in [6.07, 6.45) is 2.21. The maximum Gasteiger partial charge on any atom is 0.202 e. The van der Waals surface area contributed by atoms with Crippen LogP contribution in [0.4, 0.5) is 0 Å². The third-order valence-corrected chi connectivity index (χ3v) is 5.52. The van der Waals surface area contributed by atoms with Gasteiger partial charge < -0.3 is 9.47 Å². The number of nitrogens with one attached hydrogen (secondary N) is 1. The minimum atomic E-state index is -0.418. The van der Waals surface area contributed by atoms with Crippen LogP contribution in [0.15, 0.2) is 41.4 Å². The van der Waals surface area contributed by atoms with Crippen molar-refractivity contribution in [1.82, 2.24) is 10.4 Å². The van der Waals surface area contributed by atoms with Crippen molar-refractivity contribution >= 4 is 5.84 Å². The third-order valence-electron chi connectivity index (χ3n) is 5.52. The van der Waals surface area contributed by atoms with Crippen LogP contribution in [0.5, 0.6) is 11.5 Å². The van der Waals surface area contributed by atoms with Gasteiger partial charge in [0, 0.05) is 17.7 Å². The molecule has 30 heavy (non-hydrogen) atoms. The maximum atomic E-state index is 5.77. The summed E-state index contributed by atoms with van der Waals surface area (Å²) in [6.45, 7) is 10.6. The van der Waals surface area contributed by atoms with Crippen LogP contribution < -0.4 is 15.0 Å². The number of likely N-dealkylation sites (tertiary alicyclic amines) is 1. The molecule has 0 aliphatic carbocycles. The van der Waals surface area contributed by atoms with Crippen molar-refractivity contribution in [2.75, 3.05) is 26.3 Å². The van der Waals surface area contributed by atoms with Crippen LogP contribution in [-0.4, -0.2) is 37.0 Å². The Labute approximate surface area is 178 Å². The summed E-state index contributed by atoms with van der Waals surface area (Å²) < 4.78 is 11.4. The number of rotatable bonds is 8. The smallest absolute Gasteiger partial charge is 0.202 e. The van der Waals surface area contributed by atoms with Gasteiger partial charge in [0.25, 0.3) is 0 Å². The first-order chi connectivity index (χ1) is 14.7. The highest BCUT2D eigenvalue weighted by Crippen LogP contribution is 2.33. The van der Waals surface area contributed by atoms with Gasteiger partial charge in [0.1, 0.15) is 0 Å². The van der Waals surface area contributed by atoms with Crippen LogP contribution in [0, 0.1) is 6.92 Å². The Bertz CT molecular complexity index is 907. The minimum absolute atomic E-state index is 0.418. The lowest BCUT2D eigenvalue weighted by atomic mass is 10.0. The molecule has 1 fully saturated rings. The average Bonchev–Trinajstić information content (AvgIpc) is 3.42. The van der Waals surface area contributed by atoms with Gasteiger partial charge in [0.2, 0.25) is 6.23 Å². The van der Waals surface area contributed by atoms with Gasteiger partial charge in [0.05, 0.1) is 13.2 Å². The molecular weight excluding hydrogens is 378 g/mol. The molecule has 1 unspecified atom stereocenters. The van der Waals surface area contributed by atoms with Crippen LogP contribution >= 0.6 is 0 Å². The van der Waals surface area contributed by atoms with E-state index in [9.17, 15) is 0 Å². The normalized spacial score (nSPS) is 18.9. The van der Waals surface area contributed by atoms with E-state index in [1.54, 1.807) is 0 Å². The second-order valence-corrected chi connectivity index (χ2v) is 7.75. The molecule has 0 radical (unpaired) electrons. The zero-order valence-electron chi connectivity index (χ0n) is 18.1. The largest absolute Gasteiger partial charge is 0.490 e. The Kier molecular flexibility index (Phi) is 6.55. The van der Waals surface area contributed by atoms with Gasteiger partial charge in [-0.25, -0.2) is 15.3 Å². The SMILES string of the molecule is CCOc1ccc(C2N=C(c3ccc(CN4CCCC4)cc3C)NO2)cc1OCC. The lowest BCUT2D eigenvalue weighted by Crippen LogP contribution is -2.20. The zero-order chi connectivity index (χ0) is 20.9. The maximum absolute atomic E-state index is 5.77. The Morgan fingerprint density at radius 1 is 1.03 bits per heavy atom. The quantitative estimate of drug-likeness (QED) is 0.702. The van der Waals surface area contributed by atoms with Gasteiger partial charge in [-0.15, -0.1) is 0 Å². The van der Waals surface area contributed by atoms with E-state index in [4.69, 9.17) is 19.3 Å². The van der Waals surface area contributed by atoms with E-state index in [-0.39, 0.29) is 0 Å². The summed E-state index contributed by atoms with van der Waals surface area (Å²) in [6, 6.07) is 12.4. The number of nitrogens with zero attached hydrogens (tertiary/aromatic N) is 2. The van der Waals surface area contributed by atoms with E-state index in [1.165, 1.54) is 37.1 Å². The molecule has 0 aromatic heterocycles. The molecule has 2 aromatic carbocycles. The van der Waals surface area contributed by atoms with Gasteiger partial charge >= 0.3 is 0 Å². The van der Waals surface area contributed by atoms with E-state index >= 15 is 0 Å². The predicted molar refractivity (Wildman–Crippen MR) is 118 cm³/mol. The minimum Gasteiger partial charge on any atom is -0.490 e. The van der Waals surface area contributed by atoms with Crippen molar-refractivity contribution in [1.29, 1.82) is 0 Å². The summed E-state index contributed by atoms with van der Waals surface area (Å²) in [7, 11) is 0. The fraction of sp³-hybridized carbons (Fsp3) is 0.458. The molecule has 6 heteroatoms. The predicted octanol–water partition coefficient (Wildman–Crippen LogP) is 4.37. The number of aliphatic imine (C=N–C) groups is 1. The number of amidine groups is 1. The highest BCUT2D eigenvalue weighted by molar-refractivity contribution is 6.00. The Hall–Kier alpha value is -2.57. The van der Waals surface area contributed by atoms with Crippen molar-refractivity contribution in [3.8, 4) is 11.5 Å². The second-order valence-electron chi connectivity index (χ2n) is 7.75. The highest BCUT2D eigenvalue weighted by Gasteiger charge is 2.23. The van der Waals surface area contributed by atoms with Gasteiger partial charge in [-0.2, -0.15) is 0 Å². The molecule has 0 spiro atoms. The van der Waals surface area contributed by atoms with E-state index in [1.807, 2.05) is 32.0 Å². The summed E-state index contributed by atoms with van der Waals surface area (Å²) in [5.74, 6) is 2.21. The van der Waals surface area contributed by atoms with Crippen molar-refractivity contribution in [3.63, 3.8) is 0 Å². The standard InChI is InChI=1S/C24H31N3O3/c1-4-28-21-11-9-19(15-22(21)29-5-2)24-25-23(26-30-24)20-10-8-18(14-17(20)3)16-27-12-6-7-13-27/h8-11,14-15,24H,4-7,12-13,16H2,1-3H3,(H,25,26). The van der Waals surface area contributed by atoms with Crippen molar-refractivity contribution in [3.05, 3.63) is 58.7 Å². The molecule has 0 amide bonds. The first kappa shape index (κ1) is 20.7. The van der Waals surface area contributed by atoms with E-state index in [0.29, 0.717) is 19.0 Å². The molecule has 2 aliphatic heterocycles. The molecule has 0 saturated carbocycles. The van der Waals surface area contributed by atoms with Gasteiger partial charge in [-0.3, -0.25) is 4.90 Å². The third kappa shape index (κ3) is 4.60. The molecule has 2 heterocycles. The number of ether oxygens (including phenoxy) is 2. The Morgan fingerprint density at radius 2 is 1.80 bits per heavy atom. The van der Waals surface area contributed by atoms with Crippen LogP contribution in [0.3, 0.4) is 0 Å². The Morgan fingerprint density at radius 3 is 2.53 bits per heavy atom. The fourth-order valence-electron chi connectivity index (χ4n) is 4.06. The molecule has 160 valence electrons. The molecule has 6 nitrogen and oxygen atoms in total. The molecule has 1 N–H and O–H groups in total. The molecule has 4 rings (SSSR count). The van der Waals surface area contributed by atoms with Crippen LogP contribution in [-0.2, 0) is 11.4 Å². The van der Waals surface area contributed by atoms with E-state index < -0.39 is 6.23 Å². The highest BCUT2D eigenvalue weighted by atomic mass is 16.7. The molecule has 2 aromatic rings. The molecular formula is C24H31N3O3. The zero-order valence-corrected chi connectivity index (χ0v) is 18.1. The first-order valence-electron chi connectivity index (χ1n) is 10.9. The Balaban J connectivity index is 1.51. The number of hydrogen-bond donors (Lipinski definition) is 1. The number of hydroxylamine groups is 1. The van der Waals surface area contributed by atoms with Gasteiger partial charge in [0.15, 0.2) is 17.3 Å². The summed E-state index contributed by atoms with van der Waals surface area (Å²) in [4.78, 5) is 13.1. The monoisotopic (exact) mass is 409 g/mol. The number of aryl methyl sites for hydroxylation is 1. The number of benzene rings is 2.